The molecule has 0 unspecified atom stereocenters. The van der Waals surface area contributed by atoms with E-state index in [1.165, 1.54) is 21.3 Å². The molecule has 9 nitrogen and oxygen atoms in total. The van der Waals surface area contributed by atoms with Crippen molar-refractivity contribution in [2.75, 3.05) is 39.5 Å². The van der Waals surface area contributed by atoms with Crippen molar-refractivity contribution < 1.29 is 22.7 Å². The Hall–Kier alpha value is -2.40. The minimum Gasteiger partial charge on any atom is -0.490 e. The summed E-state index contributed by atoms with van der Waals surface area (Å²) in [5.74, 6) is 0.628. The van der Waals surface area contributed by atoms with Gasteiger partial charge in [0.2, 0.25) is 10.0 Å². The van der Waals surface area contributed by atoms with Crippen molar-refractivity contribution in [3.63, 3.8) is 0 Å². The lowest BCUT2D eigenvalue weighted by molar-refractivity contribution is 0.0639. The maximum absolute atomic E-state index is 12.9. The quantitative estimate of drug-likeness (QED) is 0.517. The molecule has 1 aliphatic heterocycles. The SMILES string of the molecule is O=S(=O)(c1ccc2nnn(OCCOc3cccc(Cl)c3)c2c1)N1CCOCC1. The number of benzene rings is 2. The van der Waals surface area contributed by atoms with Crippen LogP contribution in [0.1, 0.15) is 0 Å². The largest absolute Gasteiger partial charge is 0.490 e. The Kier molecular flexibility index (Phi) is 5.86. The molecule has 0 spiro atoms. The first-order chi connectivity index (χ1) is 14.0. The fourth-order valence-electron chi connectivity index (χ4n) is 2.91. The van der Waals surface area contributed by atoms with E-state index < -0.39 is 10.0 Å². The van der Waals surface area contributed by atoms with Crippen LogP contribution in [0.15, 0.2) is 47.4 Å². The average Bonchev–Trinajstić information content (AvgIpc) is 3.14. The van der Waals surface area contributed by atoms with Gasteiger partial charge < -0.3 is 14.3 Å². The summed E-state index contributed by atoms with van der Waals surface area (Å²) in [4.78, 5) is 6.95. The molecule has 4 rings (SSSR count). The first-order valence-electron chi connectivity index (χ1n) is 8.99. The lowest BCUT2D eigenvalue weighted by Gasteiger charge is -2.26. The summed E-state index contributed by atoms with van der Waals surface area (Å²) in [6, 6.07) is 11.7. The number of ether oxygens (including phenoxy) is 2. The fourth-order valence-corrected chi connectivity index (χ4v) is 4.52. The summed E-state index contributed by atoms with van der Waals surface area (Å²) in [7, 11) is -3.62. The van der Waals surface area contributed by atoms with Crippen molar-refractivity contribution in [2.45, 2.75) is 4.90 Å². The molecule has 1 fully saturated rings. The number of sulfonamides is 1. The molecule has 0 amide bonds. The molecule has 1 aliphatic rings. The Morgan fingerprint density at radius 3 is 2.72 bits per heavy atom. The molecule has 11 heteroatoms. The Labute approximate surface area is 172 Å². The number of morpholine rings is 1. The number of nitrogens with zero attached hydrogens (tertiary/aromatic N) is 4. The molecule has 2 heterocycles. The smallest absolute Gasteiger partial charge is 0.243 e. The predicted molar refractivity (Wildman–Crippen MR) is 105 cm³/mol. The van der Waals surface area contributed by atoms with E-state index in [-0.39, 0.29) is 18.1 Å². The van der Waals surface area contributed by atoms with Crippen LogP contribution in [0, 0.1) is 0 Å². The minimum absolute atomic E-state index is 0.161. The molecular weight excluding hydrogens is 420 g/mol. The van der Waals surface area contributed by atoms with Crippen LogP contribution < -0.4 is 9.57 Å². The zero-order valence-electron chi connectivity index (χ0n) is 15.4. The van der Waals surface area contributed by atoms with E-state index in [0.717, 1.165) is 0 Å². The number of halogens is 1. The van der Waals surface area contributed by atoms with Gasteiger partial charge in [-0.15, -0.1) is 5.10 Å². The summed E-state index contributed by atoms with van der Waals surface area (Å²) >= 11 is 5.92. The van der Waals surface area contributed by atoms with Crippen LogP contribution >= 0.6 is 11.6 Å². The summed E-state index contributed by atoms with van der Waals surface area (Å²) in [5, 5.41) is 8.52. The maximum atomic E-state index is 12.9. The molecule has 0 saturated carbocycles. The number of hydrogen-bond donors (Lipinski definition) is 0. The van der Waals surface area contributed by atoms with E-state index in [1.54, 1.807) is 30.3 Å². The van der Waals surface area contributed by atoms with E-state index in [2.05, 4.69) is 10.3 Å². The molecule has 0 N–H and O–H groups in total. The van der Waals surface area contributed by atoms with Crippen molar-refractivity contribution in [3.05, 3.63) is 47.5 Å². The second-order valence-electron chi connectivity index (χ2n) is 6.27. The van der Waals surface area contributed by atoms with E-state index in [1.807, 2.05) is 0 Å². The highest BCUT2D eigenvalue weighted by Crippen LogP contribution is 2.21. The lowest BCUT2D eigenvalue weighted by atomic mass is 10.3. The topological polar surface area (TPSA) is 95.8 Å². The van der Waals surface area contributed by atoms with Gasteiger partial charge in [0.1, 0.15) is 23.4 Å². The van der Waals surface area contributed by atoms with Gasteiger partial charge in [-0.1, -0.05) is 22.5 Å². The van der Waals surface area contributed by atoms with Gasteiger partial charge in [-0.05, 0) is 41.6 Å². The van der Waals surface area contributed by atoms with Crippen LogP contribution in [0.5, 0.6) is 5.75 Å². The monoisotopic (exact) mass is 438 g/mol. The van der Waals surface area contributed by atoms with Crippen LogP contribution in [0.25, 0.3) is 11.0 Å². The van der Waals surface area contributed by atoms with Crippen molar-refractivity contribution in [1.29, 1.82) is 0 Å². The second-order valence-corrected chi connectivity index (χ2v) is 8.64. The van der Waals surface area contributed by atoms with Gasteiger partial charge in [0.25, 0.3) is 0 Å². The van der Waals surface area contributed by atoms with Gasteiger partial charge in [0.15, 0.2) is 6.61 Å². The van der Waals surface area contributed by atoms with Crippen LogP contribution in [0.3, 0.4) is 0 Å². The molecule has 1 saturated heterocycles. The molecule has 2 aromatic carbocycles. The fraction of sp³-hybridized carbons (Fsp3) is 0.333. The van der Waals surface area contributed by atoms with Crippen LogP contribution in [-0.2, 0) is 14.8 Å². The molecule has 1 aromatic heterocycles. The standard InChI is InChI=1S/C18H19ClN4O5S/c19-14-2-1-3-15(12-14)27-10-11-28-23-18-13-16(4-5-17(18)20-21-23)29(24,25)22-6-8-26-9-7-22/h1-5,12-13H,6-11H2. The third-order valence-corrected chi connectivity index (χ3v) is 6.49. The second kappa shape index (κ2) is 8.54. The Balaban J connectivity index is 1.45. The van der Waals surface area contributed by atoms with E-state index in [9.17, 15) is 8.42 Å². The van der Waals surface area contributed by atoms with Crippen molar-refractivity contribution >= 4 is 32.7 Å². The van der Waals surface area contributed by atoms with Crippen molar-refractivity contribution in [2.24, 2.45) is 0 Å². The summed E-state index contributed by atoms with van der Waals surface area (Å²) in [5.41, 5.74) is 0.990. The number of hydrogen-bond acceptors (Lipinski definition) is 7. The highest BCUT2D eigenvalue weighted by molar-refractivity contribution is 7.89. The molecular formula is C18H19ClN4O5S. The summed E-state index contributed by atoms with van der Waals surface area (Å²) < 4.78 is 37.9. The highest BCUT2D eigenvalue weighted by atomic mass is 35.5. The molecule has 0 bridgehead atoms. The third kappa shape index (κ3) is 4.45. The number of fused-ring (bicyclic) bond motifs is 1. The normalized spacial score (nSPS) is 15.5. The number of aromatic nitrogens is 3. The Morgan fingerprint density at radius 2 is 1.93 bits per heavy atom. The van der Waals surface area contributed by atoms with Crippen LogP contribution in [0.2, 0.25) is 5.02 Å². The zero-order chi connectivity index (χ0) is 20.3. The van der Waals surface area contributed by atoms with E-state index in [4.69, 9.17) is 25.9 Å². The van der Waals surface area contributed by atoms with E-state index in [0.29, 0.717) is 48.1 Å². The molecule has 154 valence electrons. The van der Waals surface area contributed by atoms with Crippen molar-refractivity contribution in [3.8, 4) is 5.75 Å². The molecule has 0 aliphatic carbocycles. The first-order valence-corrected chi connectivity index (χ1v) is 10.8. The van der Waals surface area contributed by atoms with E-state index >= 15 is 0 Å². The minimum atomic E-state index is -3.62. The average molecular weight is 439 g/mol. The van der Waals surface area contributed by atoms with Gasteiger partial charge in [-0.25, -0.2) is 8.42 Å². The lowest BCUT2D eigenvalue weighted by Crippen LogP contribution is -2.40. The summed E-state index contributed by atoms with van der Waals surface area (Å²) in [6.45, 7) is 1.87. The van der Waals surface area contributed by atoms with Gasteiger partial charge in [-0.2, -0.15) is 4.31 Å². The first kappa shape index (κ1) is 19.9. The van der Waals surface area contributed by atoms with Crippen LogP contribution in [-0.4, -0.2) is 67.4 Å². The maximum Gasteiger partial charge on any atom is 0.243 e. The van der Waals surface area contributed by atoms with Gasteiger partial charge in [-0.3, -0.25) is 0 Å². The predicted octanol–water partition coefficient (Wildman–Crippen LogP) is 1.61. The zero-order valence-corrected chi connectivity index (χ0v) is 17.0. The Bertz CT molecular complexity index is 1100. The van der Waals surface area contributed by atoms with Crippen LogP contribution in [0.4, 0.5) is 0 Å². The van der Waals surface area contributed by atoms with Gasteiger partial charge in [0.05, 0.1) is 18.1 Å². The Morgan fingerprint density at radius 1 is 1.10 bits per heavy atom. The van der Waals surface area contributed by atoms with Crippen molar-refractivity contribution in [1.82, 2.24) is 19.5 Å². The molecule has 3 aromatic rings. The van der Waals surface area contributed by atoms with Gasteiger partial charge >= 0.3 is 0 Å². The summed E-state index contributed by atoms with van der Waals surface area (Å²) in [6.07, 6.45) is 0. The highest BCUT2D eigenvalue weighted by Gasteiger charge is 2.27. The third-order valence-electron chi connectivity index (χ3n) is 4.36. The molecule has 0 atom stereocenters. The molecule has 0 radical (unpaired) electrons. The van der Waals surface area contributed by atoms with Gasteiger partial charge in [0, 0.05) is 18.1 Å². The number of rotatable bonds is 7. The molecule has 29 heavy (non-hydrogen) atoms.